The molecule has 1 aliphatic heterocycles. The van der Waals surface area contributed by atoms with E-state index in [0.717, 1.165) is 40.3 Å². The Morgan fingerprint density at radius 2 is 1.68 bits per heavy atom. The van der Waals surface area contributed by atoms with Gasteiger partial charge in [0.2, 0.25) is 0 Å². The predicted molar refractivity (Wildman–Crippen MR) is 134 cm³/mol. The second-order valence-corrected chi connectivity index (χ2v) is 9.24. The van der Waals surface area contributed by atoms with Crippen molar-refractivity contribution in [1.29, 1.82) is 0 Å². The summed E-state index contributed by atoms with van der Waals surface area (Å²) in [6.07, 6.45) is -4.55. The van der Waals surface area contributed by atoms with Crippen molar-refractivity contribution in [2.24, 2.45) is 0 Å². The van der Waals surface area contributed by atoms with Gasteiger partial charge in [-0.1, -0.05) is 43.7 Å². The van der Waals surface area contributed by atoms with E-state index in [4.69, 9.17) is 4.74 Å². The first kappa shape index (κ1) is 26.0. The molecule has 192 valence electrons. The number of aliphatic hydroxyl groups excluding tert-OH is 1. The molecule has 37 heavy (non-hydrogen) atoms. The van der Waals surface area contributed by atoms with Crippen molar-refractivity contribution in [3.8, 4) is 5.75 Å². The summed E-state index contributed by atoms with van der Waals surface area (Å²) in [5, 5.41) is 11.4. The number of Topliss-reactive ketones (excluding diaryl/α,β-unsaturated/α-hetero) is 1. The third-order valence-corrected chi connectivity index (χ3v) is 6.40. The number of aliphatic hydroxyl groups is 1. The summed E-state index contributed by atoms with van der Waals surface area (Å²) in [6, 6.07) is 15.0. The van der Waals surface area contributed by atoms with Gasteiger partial charge in [-0.3, -0.25) is 14.5 Å². The minimum absolute atomic E-state index is 0.0461. The third kappa shape index (κ3) is 4.83. The number of amides is 1. The van der Waals surface area contributed by atoms with E-state index >= 15 is 0 Å². The molecule has 0 radical (unpaired) electrons. The number of alkyl halides is 3. The number of benzene rings is 3. The van der Waals surface area contributed by atoms with Crippen LogP contribution in [-0.4, -0.2) is 23.9 Å². The Balaban J connectivity index is 1.92. The zero-order chi connectivity index (χ0) is 27.1. The van der Waals surface area contributed by atoms with E-state index in [2.05, 4.69) is 0 Å². The van der Waals surface area contributed by atoms with Crippen LogP contribution < -0.4 is 9.64 Å². The van der Waals surface area contributed by atoms with E-state index in [-0.39, 0.29) is 22.9 Å². The second-order valence-electron chi connectivity index (χ2n) is 9.24. The monoisotopic (exact) mass is 509 g/mol. The van der Waals surface area contributed by atoms with Gasteiger partial charge in [0, 0.05) is 11.3 Å². The number of methoxy groups -OCH3 is 1. The molecule has 3 aromatic rings. The molecule has 1 aliphatic rings. The maximum atomic E-state index is 13.3. The number of carbonyl (C=O) groups is 2. The minimum Gasteiger partial charge on any atom is -0.507 e. The van der Waals surface area contributed by atoms with Crippen LogP contribution in [-0.2, 0) is 15.8 Å². The fraction of sp³-hybridized carbons (Fsp3) is 0.241. The molecule has 1 atom stereocenters. The van der Waals surface area contributed by atoms with Crippen LogP contribution >= 0.6 is 0 Å². The lowest BCUT2D eigenvalue weighted by Gasteiger charge is -2.26. The van der Waals surface area contributed by atoms with Gasteiger partial charge in [0.25, 0.3) is 11.7 Å². The zero-order valence-corrected chi connectivity index (χ0v) is 20.8. The molecule has 5 nitrogen and oxygen atoms in total. The Bertz CT molecular complexity index is 1390. The summed E-state index contributed by atoms with van der Waals surface area (Å²) >= 11 is 0. The topological polar surface area (TPSA) is 66.8 Å². The molecule has 0 aromatic heterocycles. The van der Waals surface area contributed by atoms with Crippen LogP contribution in [0.5, 0.6) is 5.75 Å². The van der Waals surface area contributed by atoms with Gasteiger partial charge in [-0.25, -0.2) is 0 Å². The molecule has 1 unspecified atom stereocenters. The second kappa shape index (κ2) is 9.76. The van der Waals surface area contributed by atoms with Gasteiger partial charge in [0.1, 0.15) is 11.5 Å². The van der Waals surface area contributed by atoms with E-state index in [1.165, 1.54) is 7.11 Å². The Kier molecular flexibility index (Phi) is 6.86. The van der Waals surface area contributed by atoms with Gasteiger partial charge in [0.15, 0.2) is 0 Å². The number of ether oxygens (including phenoxy) is 1. The van der Waals surface area contributed by atoms with E-state index in [1.54, 1.807) is 36.4 Å². The quantitative estimate of drug-likeness (QED) is 0.234. The van der Waals surface area contributed by atoms with Crippen LogP contribution in [0.15, 0.2) is 72.3 Å². The highest BCUT2D eigenvalue weighted by Gasteiger charge is 2.47. The first-order chi connectivity index (χ1) is 17.4. The molecule has 1 heterocycles. The summed E-state index contributed by atoms with van der Waals surface area (Å²) in [6.45, 7) is 5.75. The number of halogens is 3. The van der Waals surface area contributed by atoms with Crippen molar-refractivity contribution in [1.82, 2.24) is 0 Å². The number of hydrogen-bond donors (Lipinski definition) is 1. The molecule has 3 aromatic carbocycles. The predicted octanol–water partition coefficient (Wildman–Crippen LogP) is 6.77. The van der Waals surface area contributed by atoms with Gasteiger partial charge in [-0.05, 0) is 66.4 Å². The highest BCUT2D eigenvalue weighted by molar-refractivity contribution is 6.51. The average Bonchev–Trinajstić information content (AvgIpc) is 3.13. The fourth-order valence-corrected chi connectivity index (χ4v) is 4.55. The van der Waals surface area contributed by atoms with Crippen LogP contribution in [0.2, 0.25) is 0 Å². The van der Waals surface area contributed by atoms with Crippen LogP contribution in [0.3, 0.4) is 0 Å². The number of nitrogens with zero attached hydrogens (tertiary/aromatic N) is 1. The molecular weight excluding hydrogens is 483 g/mol. The molecule has 0 spiro atoms. The van der Waals surface area contributed by atoms with Crippen LogP contribution in [0.4, 0.5) is 18.9 Å². The van der Waals surface area contributed by atoms with Crippen molar-refractivity contribution in [2.75, 3.05) is 12.0 Å². The first-order valence-electron chi connectivity index (χ1n) is 11.7. The summed E-state index contributed by atoms with van der Waals surface area (Å²) in [5.41, 5.74) is 1.61. The van der Waals surface area contributed by atoms with E-state index in [1.807, 2.05) is 26.8 Å². The van der Waals surface area contributed by atoms with E-state index in [9.17, 15) is 27.9 Å². The van der Waals surface area contributed by atoms with Gasteiger partial charge in [-0.15, -0.1) is 0 Å². The van der Waals surface area contributed by atoms with Crippen molar-refractivity contribution in [3.05, 3.63) is 100 Å². The zero-order valence-electron chi connectivity index (χ0n) is 20.8. The number of rotatable bonds is 5. The number of ketones is 1. The number of carbonyl (C=O) groups excluding carboxylic acids is 2. The minimum atomic E-state index is -4.55. The average molecular weight is 510 g/mol. The Morgan fingerprint density at radius 3 is 2.24 bits per heavy atom. The molecule has 4 rings (SSSR count). The van der Waals surface area contributed by atoms with Gasteiger partial charge in [0.05, 0.1) is 24.3 Å². The highest BCUT2D eigenvalue weighted by Crippen LogP contribution is 2.43. The van der Waals surface area contributed by atoms with E-state index in [0.29, 0.717) is 16.9 Å². The van der Waals surface area contributed by atoms with Gasteiger partial charge in [-0.2, -0.15) is 13.2 Å². The van der Waals surface area contributed by atoms with E-state index < -0.39 is 29.5 Å². The van der Waals surface area contributed by atoms with Crippen LogP contribution in [0.25, 0.3) is 5.76 Å². The molecule has 1 saturated heterocycles. The van der Waals surface area contributed by atoms with Crippen molar-refractivity contribution in [3.63, 3.8) is 0 Å². The number of aryl methyl sites for hydroxylation is 1. The van der Waals surface area contributed by atoms with Crippen LogP contribution in [0.1, 0.15) is 53.6 Å². The lowest BCUT2D eigenvalue weighted by atomic mass is 9.92. The Labute approximate surface area is 212 Å². The summed E-state index contributed by atoms with van der Waals surface area (Å²) in [4.78, 5) is 27.7. The van der Waals surface area contributed by atoms with Crippen molar-refractivity contribution in [2.45, 2.75) is 38.9 Å². The number of anilines is 1. The molecule has 1 fully saturated rings. The normalized spacial score (nSPS) is 17.5. The third-order valence-electron chi connectivity index (χ3n) is 6.40. The molecule has 0 saturated carbocycles. The molecule has 0 aliphatic carbocycles. The fourth-order valence-electron chi connectivity index (χ4n) is 4.55. The van der Waals surface area contributed by atoms with Gasteiger partial charge >= 0.3 is 6.18 Å². The van der Waals surface area contributed by atoms with Crippen molar-refractivity contribution >= 4 is 23.1 Å². The SMILES string of the molecule is COc1ccc(/C(O)=C2/C(=O)C(=O)N(c3ccc(C(F)(F)F)cc3)C2c2cccc(C)c2)cc1C(C)C. The molecule has 8 heteroatoms. The van der Waals surface area contributed by atoms with Crippen molar-refractivity contribution < 1.29 is 32.6 Å². The highest BCUT2D eigenvalue weighted by atomic mass is 19.4. The standard InChI is InChI=1S/C29H26F3NO4/c1-16(2)22-15-19(8-13-23(22)37-4)26(34)24-25(18-7-5-6-17(3)14-18)33(28(36)27(24)35)21-11-9-20(10-12-21)29(30,31)32/h5-16,25,34H,1-4H3/b26-24-. The Morgan fingerprint density at radius 1 is 1.00 bits per heavy atom. The summed E-state index contributed by atoms with van der Waals surface area (Å²) < 4.78 is 44.8. The van der Waals surface area contributed by atoms with Gasteiger partial charge < -0.3 is 9.84 Å². The maximum absolute atomic E-state index is 13.3. The molecule has 1 N–H and O–H groups in total. The number of hydrogen-bond acceptors (Lipinski definition) is 4. The summed E-state index contributed by atoms with van der Waals surface area (Å²) in [5.74, 6) is -1.57. The van der Waals surface area contributed by atoms with Crippen LogP contribution in [0, 0.1) is 6.92 Å². The molecule has 0 bridgehead atoms. The Hall–Kier alpha value is -4.07. The molecular formula is C29H26F3NO4. The lowest BCUT2D eigenvalue weighted by Crippen LogP contribution is -2.29. The lowest BCUT2D eigenvalue weighted by molar-refractivity contribution is -0.137. The first-order valence-corrected chi connectivity index (χ1v) is 11.7. The largest absolute Gasteiger partial charge is 0.507 e. The smallest absolute Gasteiger partial charge is 0.416 e. The summed E-state index contributed by atoms with van der Waals surface area (Å²) in [7, 11) is 1.54. The maximum Gasteiger partial charge on any atom is 0.416 e. The molecule has 1 amide bonds.